The molecule has 2 aromatic heterocycles. The molecule has 0 saturated heterocycles. The van der Waals surface area contributed by atoms with E-state index in [9.17, 15) is 0 Å². The minimum absolute atomic E-state index is 0.998. The highest BCUT2D eigenvalue weighted by molar-refractivity contribution is 5.44. The molecule has 0 unspecified atom stereocenters. The summed E-state index contributed by atoms with van der Waals surface area (Å²) in [6.45, 7) is 14.9. The van der Waals surface area contributed by atoms with Gasteiger partial charge < -0.3 is 0 Å². The number of aromatic nitrogens is 2. The van der Waals surface area contributed by atoms with Crippen molar-refractivity contribution in [2.45, 2.75) is 46.5 Å². The first kappa shape index (κ1) is 13.2. The second-order valence-electron chi connectivity index (χ2n) is 5.92. The van der Waals surface area contributed by atoms with E-state index >= 15 is 0 Å². The lowest BCUT2D eigenvalue weighted by Crippen LogP contribution is -2.26. The van der Waals surface area contributed by atoms with Crippen molar-refractivity contribution in [3.63, 3.8) is 0 Å². The predicted octanol–water partition coefficient (Wildman–Crippen LogP) is 2.50. The summed E-state index contributed by atoms with van der Waals surface area (Å²) in [5, 5.41) is 2.17. The number of hydrogen-bond acceptors (Lipinski definition) is 1. The van der Waals surface area contributed by atoms with Crippen LogP contribution in [0.3, 0.4) is 0 Å². The third kappa shape index (κ3) is 1.82. The molecule has 0 radical (unpaired) electrons. The van der Waals surface area contributed by atoms with E-state index in [1.54, 1.807) is 0 Å². The Balaban J connectivity index is 2.31. The number of aryl methyl sites for hydroxylation is 3. The van der Waals surface area contributed by atoms with Crippen molar-refractivity contribution >= 4 is 13.2 Å². The van der Waals surface area contributed by atoms with Crippen molar-refractivity contribution in [2.75, 3.05) is 0 Å². The number of hydrogen-bond donors (Lipinski definition) is 0. The molecule has 0 bridgehead atoms. The van der Waals surface area contributed by atoms with E-state index in [2.05, 4.69) is 44.6 Å². The second-order valence-corrected chi connectivity index (χ2v) is 5.92. The van der Waals surface area contributed by atoms with Crippen molar-refractivity contribution in [1.29, 1.82) is 0 Å². The summed E-state index contributed by atoms with van der Waals surface area (Å²) in [6.07, 6.45) is 4.79. The average molecular weight is 266 g/mol. The Hall–Kier alpha value is -1.83. The van der Waals surface area contributed by atoms with Crippen molar-refractivity contribution in [1.82, 2.24) is 9.55 Å². The van der Waals surface area contributed by atoms with Gasteiger partial charge in [0.1, 0.15) is 5.82 Å². The maximum Gasteiger partial charge on any atom is 0.140 e. The van der Waals surface area contributed by atoms with Gasteiger partial charge in [-0.2, -0.15) is 0 Å². The number of rotatable bonds is 1. The fourth-order valence-electron chi connectivity index (χ4n) is 3.29. The molecule has 2 heterocycles. The first-order valence-corrected chi connectivity index (χ1v) is 7.36. The minimum atomic E-state index is 0.998. The molecule has 0 amide bonds. The first-order chi connectivity index (χ1) is 9.50. The maximum absolute atomic E-state index is 4.79. The molecule has 2 aromatic rings. The van der Waals surface area contributed by atoms with E-state index in [1.807, 2.05) is 0 Å². The minimum Gasteiger partial charge on any atom is -0.295 e. The SMILES string of the molecule is C=c1c2c(c(=C)n1-c1nc(C)c(C)cc1C)CCCC2. The monoisotopic (exact) mass is 266 g/mol. The van der Waals surface area contributed by atoms with Crippen molar-refractivity contribution in [3.05, 3.63) is 44.7 Å². The largest absolute Gasteiger partial charge is 0.295 e. The van der Waals surface area contributed by atoms with Crippen LogP contribution in [-0.2, 0) is 12.8 Å². The Bertz CT molecular complexity index is 743. The van der Waals surface area contributed by atoms with Gasteiger partial charge in [0, 0.05) is 16.4 Å². The van der Waals surface area contributed by atoms with Crippen LogP contribution < -0.4 is 10.7 Å². The Kier molecular flexibility index (Phi) is 3.04. The number of nitrogens with zero attached hydrogens (tertiary/aromatic N) is 2. The molecule has 2 heteroatoms. The quantitative estimate of drug-likeness (QED) is 0.775. The summed E-state index contributed by atoms with van der Waals surface area (Å²) >= 11 is 0. The molecule has 0 aromatic carbocycles. The first-order valence-electron chi connectivity index (χ1n) is 7.36. The van der Waals surface area contributed by atoms with E-state index in [4.69, 9.17) is 4.98 Å². The van der Waals surface area contributed by atoms with Gasteiger partial charge in [0.05, 0.1) is 0 Å². The number of fused-ring (bicyclic) bond motifs is 1. The third-order valence-electron chi connectivity index (χ3n) is 4.55. The van der Waals surface area contributed by atoms with E-state index in [0.29, 0.717) is 0 Å². The van der Waals surface area contributed by atoms with Gasteiger partial charge >= 0.3 is 0 Å². The maximum atomic E-state index is 4.79. The summed E-state index contributed by atoms with van der Waals surface area (Å²) < 4.78 is 2.16. The highest BCUT2D eigenvalue weighted by atomic mass is 15.1. The summed E-state index contributed by atoms with van der Waals surface area (Å²) in [6, 6.07) is 2.20. The zero-order valence-electron chi connectivity index (χ0n) is 12.7. The lowest BCUT2D eigenvalue weighted by molar-refractivity contribution is 0.686. The molecule has 0 saturated carbocycles. The summed E-state index contributed by atoms with van der Waals surface area (Å²) in [4.78, 5) is 4.79. The van der Waals surface area contributed by atoms with Gasteiger partial charge in [-0.1, -0.05) is 19.2 Å². The van der Waals surface area contributed by atoms with Gasteiger partial charge in [0.2, 0.25) is 0 Å². The topological polar surface area (TPSA) is 17.8 Å². The van der Waals surface area contributed by atoms with E-state index in [0.717, 1.165) is 35.1 Å². The second kappa shape index (κ2) is 4.62. The Morgan fingerprint density at radius 1 is 0.950 bits per heavy atom. The molecule has 20 heavy (non-hydrogen) atoms. The molecule has 104 valence electrons. The van der Waals surface area contributed by atoms with Crippen LogP contribution in [0.2, 0.25) is 0 Å². The molecular weight excluding hydrogens is 244 g/mol. The van der Waals surface area contributed by atoms with Crippen LogP contribution in [0.4, 0.5) is 0 Å². The Labute approximate surface area is 120 Å². The summed E-state index contributed by atoms with van der Waals surface area (Å²) in [5.41, 5.74) is 6.31. The lowest BCUT2D eigenvalue weighted by Gasteiger charge is -2.11. The lowest BCUT2D eigenvalue weighted by atomic mass is 9.95. The number of pyridine rings is 1. The van der Waals surface area contributed by atoms with Crippen LogP contribution in [-0.4, -0.2) is 9.55 Å². The van der Waals surface area contributed by atoms with Crippen LogP contribution in [0.5, 0.6) is 0 Å². The average Bonchev–Trinajstić information content (AvgIpc) is 2.68. The van der Waals surface area contributed by atoms with Gasteiger partial charge in [-0.15, -0.1) is 0 Å². The van der Waals surface area contributed by atoms with Crippen LogP contribution in [0, 0.1) is 20.8 Å². The van der Waals surface area contributed by atoms with Crippen LogP contribution in [0.25, 0.3) is 19.0 Å². The summed E-state index contributed by atoms with van der Waals surface area (Å²) in [7, 11) is 0. The van der Waals surface area contributed by atoms with Crippen molar-refractivity contribution in [3.8, 4) is 5.82 Å². The Morgan fingerprint density at radius 3 is 2.05 bits per heavy atom. The molecule has 2 nitrogen and oxygen atoms in total. The zero-order valence-corrected chi connectivity index (χ0v) is 12.7. The zero-order chi connectivity index (χ0) is 14.4. The molecule has 1 aliphatic carbocycles. The van der Waals surface area contributed by atoms with Crippen molar-refractivity contribution in [2.24, 2.45) is 0 Å². The molecule has 1 aliphatic rings. The molecule has 0 spiro atoms. The third-order valence-corrected chi connectivity index (χ3v) is 4.55. The molecular formula is C18H22N2. The standard InChI is InChI=1S/C18H22N2/c1-11-10-12(2)18(19-13(11)3)20-14(4)16-8-6-7-9-17(16)15(20)5/h10H,4-9H2,1-3H3. The molecule has 0 N–H and O–H groups in total. The van der Waals surface area contributed by atoms with Crippen LogP contribution in [0.1, 0.15) is 40.8 Å². The van der Waals surface area contributed by atoms with Crippen LogP contribution in [0.15, 0.2) is 6.07 Å². The molecule has 0 atom stereocenters. The predicted molar refractivity (Wildman–Crippen MR) is 84.7 cm³/mol. The highest BCUT2D eigenvalue weighted by Crippen LogP contribution is 2.18. The molecule has 0 fully saturated rings. The van der Waals surface area contributed by atoms with E-state index < -0.39 is 0 Å². The van der Waals surface area contributed by atoms with E-state index in [1.165, 1.54) is 35.1 Å². The van der Waals surface area contributed by atoms with E-state index in [-0.39, 0.29) is 0 Å². The smallest absolute Gasteiger partial charge is 0.140 e. The van der Waals surface area contributed by atoms with Crippen LogP contribution >= 0.6 is 0 Å². The highest BCUT2D eigenvalue weighted by Gasteiger charge is 2.18. The van der Waals surface area contributed by atoms with Gasteiger partial charge in [0.15, 0.2) is 0 Å². The molecule has 0 aliphatic heterocycles. The van der Waals surface area contributed by atoms with Crippen molar-refractivity contribution < 1.29 is 0 Å². The fraction of sp³-hybridized carbons (Fsp3) is 0.389. The fourth-order valence-corrected chi connectivity index (χ4v) is 3.29. The van der Waals surface area contributed by atoms with Gasteiger partial charge in [-0.25, -0.2) is 4.98 Å². The molecule has 3 rings (SSSR count). The summed E-state index contributed by atoms with van der Waals surface area (Å²) in [5.74, 6) is 0.998. The van der Waals surface area contributed by atoms with Gasteiger partial charge in [0.25, 0.3) is 0 Å². The normalized spacial score (nSPS) is 14.3. The Morgan fingerprint density at radius 2 is 1.50 bits per heavy atom. The van der Waals surface area contributed by atoms with Gasteiger partial charge in [-0.05, 0) is 68.7 Å². The van der Waals surface area contributed by atoms with Gasteiger partial charge in [-0.3, -0.25) is 4.57 Å².